The van der Waals surface area contributed by atoms with Crippen molar-refractivity contribution in [3.63, 3.8) is 0 Å². The van der Waals surface area contributed by atoms with E-state index in [1.165, 1.54) is 62.5 Å². The Hall–Kier alpha value is -14.3. The second-order valence-corrected chi connectivity index (χ2v) is 25.8. The molecule has 6 aromatic rings. The topological polar surface area (TPSA) is 779 Å². The Labute approximate surface area is 648 Å². The van der Waals surface area contributed by atoms with Crippen molar-refractivity contribution in [3.8, 4) is 0 Å². The molecule has 49 nitrogen and oxygen atoms in total. The second-order valence-electron chi connectivity index (χ2n) is 25.8. The maximum absolute atomic E-state index is 14.8. The molecule has 0 aliphatic carbocycles. The van der Waals surface area contributed by atoms with Crippen molar-refractivity contribution in [2.75, 3.05) is 0 Å². The highest BCUT2D eigenvalue weighted by Crippen LogP contribution is 2.14. The van der Waals surface area contributed by atoms with Gasteiger partial charge in [-0.15, -0.1) is 0 Å². The molecule has 49 heteroatoms. The van der Waals surface area contributed by atoms with Crippen LogP contribution in [0.15, 0.2) is 75.1 Å². The molecule has 11 amide bonds. The molecular formula is C66H86N24O25. The van der Waals surface area contributed by atoms with Crippen LogP contribution in [0.3, 0.4) is 0 Å². The van der Waals surface area contributed by atoms with E-state index in [9.17, 15) is 122 Å². The summed E-state index contributed by atoms with van der Waals surface area (Å²) in [6.07, 6.45) is 3.36. The van der Waals surface area contributed by atoms with Gasteiger partial charge in [-0.05, 0) is 38.5 Å². The van der Waals surface area contributed by atoms with Gasteiger partial charge in [-0.2, -0.15) is 0 Å². The minimum absolute atomic E-state index is 0.0244. The van der Waals surface area contributed by atoms with Gasteiger partial charge in [-0.1, -0.05) is 0 Å². The Bertz CT molecular complexity index is 4290. The number of hydrogen-bond acceptors (Lipinski definition) is 25. The second kappa shape index (κ2) is 45.1. The maximum atomic E-state index is 14.8. The minimum atomic E-state index is -1.99. The van der Waals surface area contributed by atoms with Crippen molar-refractivity contribution in [1.29, 1.82) is 0 Å². The molecule has 0 aromatic carbocycles. The summed E-state index contributed by atoms with van der Waals surface area (Å²) in [7, 11) is 0. The van der Waals surface area contributed by atoms with Gasteiger partial charge in [-0.25, -0.2) is 34.7 Å². The van der Waals surface area contributed by atoms with E-state index >= 15 is 0 Å². The molecule has 0 radical (unpaired) electrons. The summed E-state index contributed by atoms with van der Waals surface area (Å²) in [6.45, 7) is 0. The van der Waals surface area contributed by atoms with E-state index in [4.69, 9.17) is 5.73 Å². The molecule has 0 spiro atoms. The Morgan fingerprint density at radius 3 is 0.574 bits per heavy atom. The third-order valence-electron chi connectivity index (χ3n) is 17.0. The Morgan fingerprint density at radius 2 is 0.400 bits per heavy atom. The lowest BCUT2D eigenvalue weighted by Gasteiger charge is -2.28. The van der Waals surface area contributed by atoms with Gasteiger partial charge in [-0.3, -0.25) is 81.5 Å². The first kappa shape index (κ1) is 89.6. The smallest absolute Gasteiger partial charge is 0.326 e. The van der Waals surface area contributed by atoms with E-state index in [0.717, 1.165) is 12.7 Å². The predicted molar refractivity (Wildman–Crippen MR) is 382 cm³/mol. The molecule has 12 atom stereocenters. The zero-order valence-corrected chi connectivity index (χ0v) is 60.8. The number of carbonyl (C=O) groups is 18. The SMILES string of the molecule is N[C@@H](Cc1c[nH]cn1)C(=O)N[C@@H](CCC(=O)O)C(=O)N[C@@H](Cc1c[nH]cn1)C(=O)N[C@@H](CCC(=O)O)C(=O)N[C@@H](Cc1c[nH]cn1)C(=O)N[C@@H](CCC(=O)O)C(=O)N[C@@H](Cc1c[nH]cn1)C(=O)N[C@@H](CCC(=O)O)C(=O)N[C@@H](Cc1c[nH]cn1)C(=O)N[C@@H](CCC(=O)O)C(=O)N[C@@H](Cc1c[nH]cn1)C(=O)N[C@@H](CCC(=O)O)C(=O)O. The molecule has 0 aliphatic heterocycles. The number of aromatic nitrogens is 12. The first-order valence-electron chi connectivity index (χ1n) is 35.2. The van der Waals surface area contributed by atoms with Crippen LogP contribution in [-0.2, 0) is 125 Å². The lowest BCUT2D eigenvalue weighted by atomic mass is 10.0. The predicted octanol–water partition coefficient (Wildman–Crippen LogP) is -7.29. The lowest BCUT2D eigenvalue weighted by molar-refractivity contribution is -0.144. The molecule has 0 unspecified atom stereocenters. The van der Waals surface area contributed by atoms with Crippen LogP contribution in [0.4, 0.5) is 0 Å². The first-order chi connectivity index (χ1) is 54.7. The van der Waals surface area contributed by atoms with E-state index in [0.29, 0.717) is 5.69 Å². The van der Waals surface area contributed by atoms with E-state index in [1.807, 2.05) is 0 Å². The highest BCUT2D eigenvalue weighted by molar-refractivity contribution is 6.00. The molecule has 620 valence electrons. The van der Waals surface area contributed by atoms with Crippen molar-refractivity contribution >= 4 is 107 Å². The molecule has 0 fully saturated rings. The highest BCUT2D eigenvalue weighted by atomic mass is 16.4. The number of carboxylic acids is 7. The maximum Gasteiger partial charge on any atom is 0.326 e. The summed E-state index contributed by atoms with van der Waals surface area (Å²) in [6, 6.07) is -21.7. The van der Waals surface area contributed by atoms with Gasteiger partial charge < -0.3 is 130 Å². The van der Waals surface area contributed by atoms with Crippen LogP contribution in [0.5, 0.6) is 0 Å². The van der Waals surface area contributed by atoms with Crippen LogP contribution in [-0.4, -0.2) is 275 Å². The van der Waals surface area contributed by atoms with Crippen molar-refractivity contribution < 1.29 is 122 Å². The third-order valence-corrected chi connectivity index (χ3v) is 17.0. The van der Waals surface area contributed by atoms with E-state index in [-0.39, 0.29) is 34.9 Å². The number of nitrogens with zero attached hydrogens (tertiary/aromatic N) is 6. The van der Waals surface area contributed by atoms with Crippen LogP contribution in [0, 0.1) is 0 Å². The van der Waals surface area contributed by atoms with E-state index in [2.05, 4.69) is 118 Å². The van der Waals surface area contributed by atoms with Crippen molar-refractivity contribution in [2.45, 2.75) is 188 Å². The number of rotatable bonds is 53. The third kappa shape index (κ3) is 31.5. The number of carbonyl (C=O) groups excluding carboxylic acids is 11. The average Bonchev–Trinajstić information content (AvgIpc) is 1.66. The Balaban J connectivity index is 1.25. The largest absolute Gasteiger partial charge is 0.481 e. The fourth-order valence-electron chi connectivity index (χ4n) is 11.0. The number of imidazole rings is 6. The first-order valence-corrected chi connectivity index (χ1v) is 35.2. The van der Waals surface area contributed by atoms with Gasteiger partial charge in [0.15, 0.2) is 0 Å². The number of aliphatic carboxylic acids is 7. The molecule has 6 aromatic heterocycles. The zero-order chi connectivity index (χ0) is 84.3. The van der Waals surface area contributed by atoms with Gasteiger partial charge in [0.25, 0.3) is 0 Å². The summed E-state index contributed by atoms with van der Waals surface area (Å²) in [5.41, 5.74) is 6.80. The fourth-order valence-corrected chi connectivity index (χ4v) is 11.0. The number of nitrogens with two attached hydrogens (primary N) is 1. The summed E-state index contributed by atoms with van der Waals surface area (Å²) < 4.78 is 0. The molecule has 0 bridgehead atoms. The standard InChI is InChI=1S/C66H86N24O25/c67-37(13-31-19-68-25-74-31)55(103)80-38(1-7-49(91)92)56(104)86-44(14-32-20-69-26-75-32)61(109)81-39(2-8-50(93)94)57(105)87-45(15-33-21-70-27-76-33)62(110)82-40(3-9-51(95)96)58(106)88-46(16-34-22-71-28-77-34)63(111)83-41(4-10-52(97)98)59(107)89-47(17-35-23-72-29-78-35)64(112)84-42(5-11-53(99)100)60(108)90-48(18-36-24-73-30-79-36)65(113)85-43(66(114)115)6-12-54(101)102/h19-30,37-48H,1-18,67H2,(H,68,74)(H,69,75)(H,70,76)(H,71,77)(H,72,78)(H,73,79)(H,80,103)(H,81,109)(H,82,110)(H,83,111)(H,84,112)(H,85,113)(H,86,104)(H,87,105)(H,88,106)(H,89,107)(H,90,108)(H,91,92)(H,93,94)(H,95,96)(H,97,98)(H,99,100)(H,101,102)(H,114,115)/t37-,38-,39-,40-,41-,42-,43-,44-,45-,46-,47-,48-/m0/s1. The van der Waals surface area contributed by atoms with Crippen molar-refractivity contribution in [1.82, 2.24) is 118 Å². The molecule has 6 heterocycles. The number of aromatic amines is 6. The molecule has 6 rings (SSSR count). The number of H-pyrrole nitrogens is 6. The van der Waals surface area contributed by atoms with Crippen LogP contribution in [0.1, 0.15) is 111 Å². The van der Waals surface area contributed by atoms with Gasteiger partial charge in [0.1, 0.15) is 66.5 Å². The molecule has 0 aliphatic rings. The number of amides is 11. The van der Waals surface area contributed by atoms with Crippen LogP contribution in [0.2, 0.25) is 0 Å². The summed E-state index contributed by atoms with van der Waals surface area (Å²) in [5.74, 6) is -23.9. The van der Waals surface area contributed by atoms with E-state index < -0.39 is 288 Å². The van der Waals surface area contributed by atoms with E-state index in [1.54, 1.807) is 0 Å². The van der Waals surface area contributed by atoms with Gasteiger partial charge in [0.2, 0.25) is 65.0 Å². The van der Waals surface area contributed by atoms with Crippen LogP contribution >= 0.6 is 0 Å². The van der Waals surface area contributed by atoms with Gasteiger partial charge in [0.05, 0.1) is 78.2 Å². The molecular weight excluding hydrogens is 1530 g/mol. The molecule has 0 saturated carbocycles. The summed E-state index contributed by atoms with van der Waals surface area (Å²) in [4.78, 5) is 281. The van der Waals surface area contributed by atoms with Gasteiger partial charge in [0, 0.05) is 114 Å². The molecule has 115 heavy (non-hydrogen) atoms. The molecule has 0 saturated heterocycles. The average molecular weight is 1620 g/mol. The quantitative estimate of drug-likeness (QED) is 0.0169. The normalized spacial score (nSPS) is 14.2. The number of carboxylic acid groups (broad SMARTS) is 7. The monoisotopic (exact) mass is 1610 g/mol. The fraction of sp³-hybridized carbons (Fsp3) is 0.455. The Kier molecular flexibility index (Phi) is 35.1. The van der Waals surface area contributed by atoms with Crippen molar-refractivity contribution in [3.05, 3.63) is 109 Å². The van der Waals surface area contributed by atoms with Crippen molar-refractivity contribution in [2.24, 2.45) is 5.73 Å². The highest BCUT2D eigenvalue weighted by Gasteiger charge is 2.39. The molecule has 26 N–H and O–H groups in total. The summed E-state index contributed by atoms with van der Waals surface area (Å²) in [5, 5.41) is 93.5. The van der Waals surface area contributed by atoms with Crippen LogP contribution in [0.25, 0.3) is 0 Å². The number of hydrogen-bond donors (Lipinski definition) is 25. The summed E-state index contributed by atoms with van der Waals surface area (Å²) >= 11 is 0. The number of nitrogens with one attached hydrogen (secondary N) is 17. The van der Waals surface area contributed by atoms with Crippen LogP contribution < -0.4 is 64.2 Å². The zero-order valence-electron chi connectivity index (χ0n) is 60.8. The van der Waals surface area contributed by atoms with Gasteiger partial charge >= 0.3 is 41.8 Å². The Morgan fingerprint density at radius 1 is 0.243 bits per heavy atom. The lowest BCUT2D eigenvalue weighted by Crippen LogP contribution is -2.61. The minimum Gasteiger partial charge on any atom is -0.481 e.